The molecule has 5 nitrogen and oxygen atoms in total. The molecule has 12 heteroatoms. The van der Waals surface area contributed by atoms with Crippen molar-refractivity contribution in [1.82, 2.24) is 9.97 Å². The summed E-state index contributed by atoms with van der Waals surface area (Å²) in [6.07, 6.45) is -9.33. The summed E-state index contributed by atoms with van der Waals surface area (Å²) < 4.78 is 77.2. The maximum Gasteiger partial charge on any atom is 0.433 e. The highest BCUT2D eigenvalue weighted by atomic mass is 79.9. The molecule has 0 spiro atoms. The summed E-state index contributed by atoms with van der Waals surface area (Å²) in [6, 6.07) is 2.65. The third kappa shape index (κ3) is 5.70. The van der Waals surface area contributed by atoms with E-state index in [9.17, 15) is 26.3 Å². The quantitative estimate of drug-likeness (QED) is 0.560. The molecule has 0 unspecified atom stereocenters. The van der Waals surface area contributed by atoms with Crippen molar-refractivity contribution in [2.24, 2.45) is 0 Å². The normalized spacial score (nSPS) is 13.4. The first-order valence-corrected chi connectivity index (χ1v) is 8.17. The van der Waals surface area contributed by atoms with Crippen LogP contribution in [0.4, 0.5) is 43.8 Å². The highest BCUT2D eigenvalue weighted by Crippen LogP contribution is 2.35. The molecule has 2 rings (SSSR count). The van der Waals surface area contributed by atoms with E-state index >= 15 is 0 Å². The summed E-state index contributed by atoms with van der Waals surface area (Å²) in [6.45, 7) is 1.13. The number of nitrogens with zero attached hydrogens (tertiary/aromatic N) is 2. The first-order valence-electron chi connectivity index (χ1n) is 7.37. The van der Waals surface area contributed by atoms with Crippen molar-refractivity contribution in [2.45, 2.75) is 25.3 Å². The van der Waals surface area contributed by atoms with Gasteiger partial charge in [-0.2, -0.15) is 31.3 Å². The summed E-state index contributed by atoms with van der Waals surface area (Å²) in [5.41, 5.74) is -2.09. The molecule has 0 amide bonds. The zero-order chi connectivity index (χ0) is 20.4. The van der Waals surface area contributed by atoms with Crippen LogP contribution in [0.5, 0.6) is 0 Å². The third-order valence-corrected chi connectivity index (χ3v) is 3.88. The molecular weight excluding hydrogens is 446 g/mol. The molecule has 1 aromatic heterocycles. The van der Waals surface area contributed by atoms with Gasteiger partial charge in [0.15, 0.2) is 5.69 Å². The van der Waals surface area contributed by atoms with Gasteiger partial charge in [0.1, 0.15) is 5.82 Å². The predicted octanol–water partition coefficient (Wildman–Crippen LogP) is 4.81. The lowest BCUT2D eigenvalue weighted by atomic mass is 10.2. The van der Waals surface area contributed by atoms with Gasteiger partial charge in [-0.15, -0.1) is 0 Å². The molecule has 1 atom stereocenters. The number of aliphatic hydroxyl groups is 1. The van der Waals surface area contributed by atoms with Crippen LogP contribution in [0.1, 0.15) is 18.2 Å². The van der Waals surface area contributed by atoms with Gasteiger partial charge in [-0.1, -0.05) is 0 Å². The largest absolute Gasteiger partial charge is 0.433 e. The molecule has 0 bridgehead atoms. The van der Waals surface area contributed by atoms with E-state index in [-0.39, 0.29) is 22.6 Å². The Morgan fingerprint density at radius 3 is 2.26 bits per heavy atom. The minimum atomic E-state index is -4.77. The summed E-state index contributed by atoms with van der Waals surface area (Å²) in [7, 11) is 0. The minimum absolute atomic E-state index is 0.0114. The van der Waals surface area contributed by atoms with Gasteiger partial charge in [-0.05, 0) is 41.1 Å². The van der Waals surface area contributed by atoms with E-state index < -0.39 is 35.6 Å². The molecule has 2 aromatic rings. The topological polar surface area (TPSA) is 70.1 Å². The highest BCUT2D eigenvalue weighted by molar-refractivity contribution is 9.10. The van der Waals surface area contributed by atoms with Gasteiger partial charge in [0.25, 0.3) is 0 Å². The van der Waals surface area contributed by atoms with Crippen LogP contribution < -0.4 is 10.6 Å². The molecule has 0 aliphatic carbocycles. The number of alkyl halides is 6. The van der Waals surface area contributed by atoms with E-state index in [0.29, 0.717) is 6.07 Å². The Bertz CT molecular complexity index is 812. The number of rotatable bonds is 5. The Kier molecular flexibility index (Phi) is 6.20. The molecule has 148 valence electrons. The maximum absolute atomic E-state index is 13.0. The van der Waals surface area contributed by atoms with Crippen LogP contribution in [0.3, 0.4) is 0 Å². The Hall–Kier alpha value is -2.08. The van der Waals surface area contributed by atoms with Crippen molar-refractivity contribution in [2.75, 3.05) is 17.2 Å². The lowest BCUT2D eigenvalue weighted by molar-refractivity contribution is -0.141. The Morgan fingerprint density at radius 2 is 1.74 bits per heavy atom. The zero-order valence-electron chi connectivity index (χ0n) is 13.6. The van der Waals surface area contributed by atoms with Gasteiger partial charge in [0, 0.05) is 16.6 Å². The van der Waals surface area contributed by atoms with Crippen molar-refractivity contribution < 1.29 is 31.4 Å². The number of anilines is 3. The minimum Gasteiger partial charge on any atom is -0.394 e. The van der Waals surface area contributed by atoms with Crippen LogP contribution in [-0.2, 0) is 12.4 Å². The van der Waals surface area contributed by atoms with Crippen LogP contribution in [0.25, 0.3) is 0 Å². The Balaban J connectivity index is 2.38. The number of nitrogens with one attached hydrogen (secondary N) is 2. The standard InChI is InChI=1S/C15H13BrF6N4O/c1-7(6-27)23-13-25-11(15(20,21)22)5-12(26-13)24-10-3-2-8(4-9(10)16)14(17,18)19/h2-5,7,27H,6H2,1H3,(H2,23,24,25,26)/t7-/m0/s1. The second kappa shape index (κ2) is 7.89. The van der Waals surface area contributed by atoms with Crippen LogP contribution >= 0.6 is 15.9 Å². The molecule has 0 aliphatic heterocycles. The number of halogens is 7. The van der Waals surface area contributed by atoms with E-state index in [1.807, 2.05) is 0 Å². The number of hydrogen-bond acceptors (Lipinski definition) is 5. The Labute approximate surface area is 158 Å². The van der Waals surface area contributed by atoms with Gasteiger partial charge in [0.05, 0.1) is 17.9 Å². The van der Waals surface area contributed by atoms with Crippen molar-refractivity contribution >= 4 is 33.4 Å². The van der Waals surface area contributed by atoms with Crippen molar-refractivity contribution in [3.8, 4) is 0 Å². The van der Waals surface area contributed by atoms with Gasteiger partial charge in [-0.25, -0.2) is 4.98 Å². The average molecular weight is 459 g/mol. The van der Waals surface area contributed by atoms with E-state index in [2.05, 4.69) is 36.5 Å². The molecule has 0 radical (unpaired) electrons. The van der Waals surface area contributed by atoms with Crippen LogP contribution in [0.15, 0.2) is 28.7 Å². The second-order valence-corrected chi connectivity index (χ2v) is 6.36. The lowest BCUT2D eigenvalue weighted by Gasteiger charge is -2.16. The van der Waals surface area contributed by atoms with Crippen molar-refractivity contribution in [3.05, 3.63) is 40.0 Å². The number of benzene rings is 1. The smallest absolute Gasteiger partial charge is 0.394 e. The highest BCUT2D eigenvalue weighted by Gasteiger charge is 2.34. The molecule has 1 heterocycles. The van der Waals surface area contributed by atoms with Crippen molar-refractivity contribution in [3.63, 3.8) is 0 Å². The van der Waals surface area contributed by atoms with Gasteiger partial charge in [0.2, 0.25) is 5.95 Å². The van der Waals surface area contributed by atoms with E-state index in [4.69, 9.17) is 5.11 Å². The summed E-state index contributed by atoms with van der Waals surface area (Å²) in [5.74, 6) is -0.678. The van der Waals surface area contributed by atoms with Gasteiger partial charge in [-0.3, -0.25) is 0 Å². The second-order valence-electron chi connectivity index (χ2n) is 5.51. The van der Waals surface area contributed by atoms with Crippen LogP contribution in [0.2, 0.25) is 0 Å². The average Bonchev–Trinajstić information content (AvgIpc) is 2.54. The van der Waals surface area contributed by atoms with Gasteiger partial charge < -0.3 is 15.7 Å². The molecule has 27 heavy (non-hydrogen) atoms. The fourth-order valence-corrected chi connectivity index (χ4v) is 2.40. The molecule has 3 N–H and O–H groups in total. The summed E-state index contributed by atoms with van der Waals surface area (Å²) in [5, 5.41) is 14.0. The zero-order valence-corrected chi connectivity index (χ0v) is 15.2. The fourth-order valence-electron chi connectivity index (χ4n) is 1.92. The lowest BCUT2D eigenvalue weighted by Crippen LogP contribution is -2.22. The third-order valence-electron chi connectivity index (χ3n) is 3.23. The van der Waals surface area contributed by atoms with Crippen LogP contribution in [-0.4, -0.2) is 27.7 Å². The maximum atomic E-state index is 13.0. The molecule has 0 fully saturated rings. The SMILES string of the molecule is C[C@@H](CO)Nc1nc(Nc2ccc(C(F)(F)F)cc2Br)cc(C(F)(F)F)n1. The van der Waals surface area contributed by atoms with E-state index in [1.165, 1.54) is 6.92 Å². The number of aliphatic hydroxyl groups excluding tert-OH is 1. The summed E-state index contributed by atoms with van der Waals surface area (Å²) >= 11 is 2.95. The molecule has 0 saturated heterocycles. The van der Waals surface area contributed by atoms with Gasteiger partial charge >= 0.3 is 12.4 Å². The van der Waals surface area contributed by atoms with E-state index in [0.717, 1.165) is 18.2 Å². The molecule has 1 aromatic carbocycles. The van der Waals surface area contributed by atoms with Crippen LogP contribution in [0, 0.1) is 0 Å². The van der Waals surface area contributed by atoms with E-state index in [1.54, 1.807) is 0 Å². The monoisotopic (exact) mass is 458 g/mol. The molecular formula is C15H13BrF6N4O. The molecule has 0 saturated carbocycles. The fraction of sp³-hybridized carbons (Fsp3) is 0.333. The first kappa shape index (κ1) is 21.2. The Morgan fingerprint density at radius 1 is 1.07 bits per heavy atom. The van der Waals surface area contributed by atoms with Crippen molar-refractivity contribution in [1.29, 1.82) is 0 Å². The summed E-state index contributed by atoms with van der Waals surface area (Å²) in [4.78, 5) is 7.20. The first-order chi connectivity index (χ1) is 12.4. The molecule has 0 aliphatic rings. The number of hydrogen-bond donors (Lipinski definition) is 3. The number of aromatic nitrogens is 2. The predicted molar refractivity (Wildman–Crippen MR) is 89.6 cm³/mol.